The highest BCUT2D eigenvalue weighted by Gasteiger charge is 2.22. The molecule has 0 aromatic carbocycles. The van der Waals surface area contributed by atoms with Crippen molar-refractivity contribution in [3.05, 3.63) is 0 Å². The van der Waals surface area contributed by atoms with Gasteiger partial charge in [-0.3, -0.25) is 4.79 Å². The second-order valence-electron chi connectivity index (χ2n) is 3.82. The van der Waals surface area contributed by atoms with E-state index in [2.05, 4.69) is 19.2 Å². The fourth-order valence-electron chi connectivity index (χ4n) is 1.43. The minimum absolute atomic E-state index is 0.263. The van der Waals surface area contributed by atoms with Crippen LogP contribution in [0.15, 0.2) is 0 Å². The Labute approximate surface area is 74.1 Å². The van der Waals surface area contributed by atoms with Gasteiger partial charge in [0.25, 0.3) is 0 Å². The van der Waals surface area contributed by atoms with Crippen LogP contribution in [-0.4, -0.2) is 37.0 Å². The lowest BCUT2D eigenvalue weighted by Gasteiger charge is -2.18. The molecule has 1 fully saturated rings. The zero-order valence-corrected chi connectivity index (χ0v) is 8.13. The van der Waals surface area contributed by atoms with E-state index < -0.39 is 0 Å². The number of carbonyl (C=O) groups is 1. The Hall–Kier alpha value is -0.570. The normalized spacial score (nSPS) is 26.2. The summed E-state index contributed by atoms with van der Waals surface area (Å²) in [4.78, 5) is 13.2. The van der Waals surface area contributed by atoms with Gasteiger partial charge in [0.1, 0.15) is 0 Å². The molecule has 0 aromatic heterocycles. The van der Waals surface area contributed by atoms with Crippen molar-refractivity contribution in [2.75, 3.05) is 20.1 Å². The molecule has 1 amide bonds. The molecule has 1 unspecified atom stereocenters. The summed E-state index contributed by atoms with van der Waals surface area (Å²) in [6.45, 7) is 6.06. The molecule has 3 heteroatoms. The Kier molecular flexibility index (Phi) is 3.09. The summed E-state index contributed by atoms with van der Waals surface area (Å²) in [6, 6.07) is 0.363. The smallest absolute Gasteiger partial charge is 0.223 e. The molecule has 1 heterocycles. The third kappa shape index (κ3) is 2.21. The first-order valence-corrected chi connectivity index (χ1v) is 4.58. The van der Waals surface area contributed by atoms with Gasteiger partial charge in [0.15, 0.2) is 0 Å². The van der Waals surface area contributed by atoms with E-state index in [1.54, 1.807) is 4.90 Å². The van der Waals surface area contributed by atoms with Crippen LogP contribution < -0.4 is 5.32 Å². The molecule has 0 spiro atoms. The van der Waals surface area contributed by atoms with Crippen LogP contribution in [0.2, 0.25) is 0 Å². The molecule has 70 valence electrons. The minimum atomic E-state index is 0.263. The fraction of sp³-hybridized carbons (Fsp3) is 0.889. The van der Waals surface area contributed by atoms with E-state index in [9.17, 15) is 4.79 Å². The molecule has 0 aliphatic carbocycles. The van der Waals surface area contributed by atoms with E-state index >= 15 is 0 Å². The molecule has 0 bridgehead atoms. The first-order valence-electron chi connectivity index (χ1n) is 4.58. The molecule has 1 saturated heterocycles. The lowest BCUT2D eigenvalue weighted by molar-refractivity contribution is -0.129. The van der Waals surface area contributed by atoms with Crippen LogP contribution in [0.5, 0.6) is 0 Å². The number of amides is 1. The molecule has 0 aromatic rings. The van der Waals surface area contributed by atoms with Gasteiger partial charge in [0.05, 0.1) is 0 Å². The third-order valence-electron chi connectivity index (χ3n) is 2.48. The molecule has 1 aliphatic rings. The Morgan fingerprint density at radius 1 is 1.58 bits per heavy atom. The average Bonchev–Trinajstić information content (AvgIpc) is 2.15. The lowest BCUT2D eigenvalue weighted by Crippen LogP contribution is -2.34. The number of likely N-dealkylation sites (N-methyl/N-ethyl adjacent to an activating group) is 1. The van der Waals surface area contributed by atoms with Gasteiger partial charge in [-0.05, 0) is 5.92 Å². The number of nitrogens with zero attached hydrogens (tertiary/aromatic N) is 1. The highest BCUT2D eigenvalue weighted by Crippen LogP contribution is 2.09. The van der Waals surface area contributed by atoms with Gasteiger partial charge in [-0.1, -0.05) is 13.8 Å². The van der Waals surface area contributed by atoms with Crippen LogP contribution >= 0.6 is 0 Å². The molecule has 1 N–H and O–H groups in total. The van der Waals surface area contributed by atoms with Crippen LogP contribution in [-0.2, 0) is 4.79 Å². The van der Waals surface area contributed by atoms with E-state index in [4.69, 9.17) is 0 Å². The fourth-order valence-corrected chi connectivity index (χ4v) is 1.43. The SMILES string of the molecule is CC(C)C1CC(=O)N(C)CCN1. The maximum atomic E-state index is 11.4. The van der Waals surface area contributed by atoms with Crippen LogP contribution in [0.1, 0.15) is 20.3 Å². The van der Waals surface area contributed by atoms with Gasteiger partial charge in [-0.15, -0.1) is 0 Å². The number of hydrogen-bond donors (Lipinski definition) is 1. The molecular formula is C9H18N2O. The molecule has 0 saturated carbocycles. The van der Waals surface area contributed by atoms with E-state index in [1.165, 1.54) is 0 Å². The Morgan fingerprint density at radius 2 is 2.25 bits per heavy atom. The van der Waals surface area contributed by atoms with Gasteiger partial charge in [-0.2, -0.15) is 0 Å². The Morgan fingerprint density at radius 3 is 2.83 bits per heavy atom. The largest absolute Gasteiger partial charge is 0.344 e. The van der Waals surface area contributed by atoms with Crippen LogP contribution in [0.3, 0.4) is 0 Å². The molecular weight excluding hydrogens is 152 g/mol. The Bertz CT molecular complexity index is 168. The molecule has 1 rings (SSSR count). The lowest BCUT2D eigenvalue weighted by atomic mass is 10.0. The molecule has 12 heavy (non-hydrogen) atoms. The van der Waals surface area contributed by atoms with Crippen LogP contribution in [0.25, 0.3) is 0 Å². The van der Waals surface area contributed by atoms with E-state index in [0.717, 1.165) is 13.1 Å². The third-order valence-corrected chi connectivity index (χ3v) is 2.48. The van der Waals surface area contributed by atoms with Gasteiger partial charge in [-0.25, -0.2) is 0 Å². The van der Waals surface area contributed by atoms with Crippen molar-refractivity contribution in [2.45, 2.75) is 26.3 Å². The predicted octanol–water partition coefficient (Wildman–Crippen LogP) is 0.463. The number of hydrogen-bond acceptors (Lipinski definition) is 2. The van der Waals surface area contributed by atoms with Crippen molar-refractivity contribution < 1.29 is 4.79 Å². The molecule has 0 radical (unpaired) electrons. The number of rotatable bonds is 1. The summed E-state index contributed by atoms with van der Waals surface area (Å²) in [5, 5.41) is 3.38. The molecule has 1 atom stereocenters. The summed E-state index contributed by atoms with van der Waals surface area (Å²) in [5.74, 6) is 0.805. The maximum absolute atomic E-state index is 11.4. The molecule has 1 aliphatic heterocycles. The standard InChI is InChI=1S/C9H18N2O/c1-7(2)8-6-9(12)11(3)5-4-10-8/h7-8,10H,4-6H2,1-3H3. The zero-order chi connectivity index (χ0) is 9.14. The van der Waals surface area contributed by atoms with E-state index in [-0.39, 0.29) is 5.91 Å². The maximum Gasteiger partial charge on any atom is 0.223 e. The van der Waals surface area contributed by atoms with E-state index in [0.29, 0.717) is 18.4 Å². The zero-order valence-electron chi connectivity index (χ0n) is 8.13. The highest BCUT2D eigenvalue weighted by molar-refractivity contribution is 5.76. The Balaban J connectivity index is 2.54. The summed E-state index contributed by atoms with van der Waals surface area (Å²) >= 11 is 0. The van der Waals surface area contributed by atoms with Crippen molar-refractivity contribution in [1.82, 2.24) is 10.2 Å². The highest BCUT2D eigenvalue weighted by atomic mass is 16.2. The predicted molar refractivity (Wildman–Crippen MR) is 48.9 cm³/mol. The number of nitrogens with one attached hydrogen (secondary N) is 1. The van der Waals surface area contributed by atoms with Crippen LogP contribution in [0, 0.1) is 5.92 Å². The minimum Gasteiger partial charge on any atom is -0.344 e. The van der Waals surface area contributed by atoms with E-state index in [1.807, 2.05) is 7.05 Å². The average molecular weight is 170 g/mol. The van der Waals surface area contributed by atoms with Gasteiger partial charge in [0, 0.05) is 32.6 Å². The molecule has 3 nitrogen and oxygen atoms in total. The van der Waals surface area contributed by atoms with Gasteiger partial charge >= 0.3 is 0 Å². The summed E-state index contributed by atoms with van der Waals surface area (Å²) in [5.41, 5.74) is 0. The van der Waals surface area contributed by atoms with Gasteiger partial charge < -0.3 is 10.2 Å². The van der Waals surface area contributed by atoms with Crippen molar-refractivity contribution in [3.8, 4) is 0 Å². The van der Waals surface area contributed by atoms with Crippen LogP contribution in [0.4, 0.5) is 0 Å². The monoisotopic (exact) mass is 170 g/mol. The van der Waals surface area contributed by atoms with Crippen molar-refractivity contribution >= 4 is 5.91 Å². The second kappa shape index (κ2) is 3.90. The number of carbonyl (C=O) groups excluding carboxylic acids is 1. The van der Waals surface area contributed by atoms with Crippen molar-refractivity contribution in [3.63, 3.8) is 0 Å². The summed E-state index contributed by atoms with van der Waals surface area (Å²) < 4.78 is 0. The first kappa shape index (κ1) is 9.52. The van der Waals surface area contributed by atoms with Crippen molar-refractivity contribution in [1.29, 1.82) is 0 Å². The topological polar surface area (TPSA) is 32.3 Å². The van der Waals surface area contributed by atoms with Gasteiger partial charge in [0.2, 0.25) is 5.91 Å². The second-order valence-corrected chi connectivity index (χ2v) is 3.82. The first-order chi connectivity index (χ1) is 5.61. The summed E-state index contributed by atoms with van der Waals surface area (Å²) in [6.07, 6.45) is 0.647. The summed E-state index contributed by atoms with van der Waals surface area (Å²) in [7, 11) is 1.87. The van der Waals surface area contributed by atoms with Crippen molar-refractivity contribution in [2.24, 2.45) is 5.92 Å². The quantitative estimate of drug-likeness (QED) is 0.620.